The molecule has 1 aromatic rings. The van der Waals surface area contributed by atoms with Gasteiger partial charge in [-0.2, -0.15) is 0 Å². The van der Waals surface area contributed by atoms with Gasteiger partial charge in [0.15, 0.2) is 0 Å². The average Bonchev–Trinajstić information content (AvgIpc) is 2.19. The number of benzene rings is 1. The summed E-state index contributed by atoms with van der Waals surface area (Å²) in [4.78, 5) is 13.9. The normalized spacial score (nSPS) is 10.8. The zero-order valence-electron chi connectivity index (χ0n) is 9.24. The summed E-state index contributed by atoms with van der Waals surface area (Å²) >= 11 is 4.84. The van der Waals surface area contributed by atoms with E-state index < -0.39 is 5.97 Å². The molecule has 0 aromatic heterocycles. The van der Waals surface area contributed by atoms with Gasteiger partial charge in [-0.3, -0.25) is 0 Å². The van der Waals surface area contributed by atoms with Gasteiger partial charge in [-0.1, -0.05) is 15.9 Å². The maximum Gasteiger partial charge on any atom is 0.336 e. The van der Waals surface area contributed by atoms with Gasteiger partial charge in [-0.25, -0.2) is 4.79 Å². The maximum atomic E-state index is 11.0. The number of thioether (sulfide) groups is 1. The van der Waals surface area contributed by atoms with Crippen LogP contribution < -0.4 is 0 Å². The highest BCUT2D eigenvalue weighted by Crippen LogP contribution is 2.25. The number of carbonyl (C=O) groups is 1. The number of hydrogen-bond donors (Lipinski definition) is 1. The quantitative estimate of drug-likeness (QED) is 0.849. The van der Waals surface area contributed by atoms with Gasteiger partial charge >= 0.3 is 5.97 Å². The predicted octanol–water partition coefficient (Wildman–Crippen LogP) is 2.80. The summed E-state index contributed by atoms with van der Waals surface area (Å²) < 4.78 is 0.793. The monoisotopic (exact) mass is 303 g/mol. The van der Waals surface area contributed by atoms with Crippen LogP contribution in [-0.2, 0) is 0 Å². The Labute approximate surface area is 108 Å². The molecule has 1 rings (SSSR count). The Bertz CT molecular complexity index is 382. The highest BCUT2D eigenvalue weighted by molar-refractivity contribution is 9.10. The first-order chi connectivity index (χ1) is 7.50. The molecule has 0 radical (unpaired) electrons. The number of halogens is 1. The van der Waals surface area contributed by atoms with E-state index in [9.17, 15) is 4.79 Å². The smallest absolute Gasteiger partial charge is 0.336 e. The van der Waals surface area contributed by atoms with E-state index in [-0.39, 0.29) is 0 Å². The minimum atomic E-state index is -0.881. The van der Waals surface area contributed by atoms with Crippen molar-refractivity contribution in [2.24, 2.45) is 0 Å². The summed E-state index contributed by atoms with van der Waals surface area (Å²) in [6, 6.07) is 5.35. The lowest BCUT2D eigenvalue weighted by Gasteiger charge is -2.10. The zero-order chi connectivity index (χ0) is 12.1. The summed E-state index contributed by atoms with van der Waals surface area (Å²) in [7, 11) is 4.00. The fraction of sp³-hybridized carbons (Fsp3) is 0.364. The number of aromatic carboxylic acids is 1. The van der Waals surface area contributed by atoms with Crippen LogP contribution in [0.4, 0.5) is 0 Å². The van der Waals surface area contributed by atoms with Crippen molar-refractivity contribution >= 4 is 33.7 Å². The van der Waals surface area contributed by atoms with E-state index in [1.807, 2.05) is 26.2 Å². The number of rotatable bonds is 5. The molecule has 0 saturated carbocycles. The molecule has 0 spiro atoms. The van der Waals surface area contributed by atoms with E-state index >= 15 is 0 Å². The molecule has 16 heavy (non-hydrogen) atoms. The molecule has 0 heterocycles. The molecule has 0 bridgehead atoms. The van der Waals surface area contributed by atoms with E-state index in [0.717, 1.165) is 21.7 Å². The van der Waals surface area contributed by atoms with Gasteiger partial charge in [0.25, 0.3) is 0 Å². The Balaban J connectivity index is 2.75. The molecule has 0 fully saturated rings. The van der Waals surface area contributed by atoms with Crippen molar-refractivity contribution in [1.82, 2.24) is 4.90 Å². The molecule has 1 N–H and O–H groups in total. The first-order valence-electron chi connectivity index (χ1n) is 4.81. The highest BCUT2D eigenvalue weighted by atomic mass is 79.9. The lowest BCUT2D eigenvalue weighted by molar-refractivity contribution is 0.0693. The number of nitrogens with zero attached hydrogens (tertiary/aromatic N) is 1. The SMILES string of the molecule is CN(C)CCSc1ccc(Br)cc1C(=O)O. The molecule has 1 aromatic carbocycles. The Kier molecular flexibility index (Phi) is 5.31. The first kappa shape index (κ1) is 13.5. The third-order valence-corrected chi connectivity index (χ3v) is 3.52. The summed E-state index contributed by atoms with van der Waals surface area (Å²) in [6.45, 7) is 0.930. The van der Waals surface area contributed by atoms with Crippen molar-refractivity contribution < 1.29 is 9.90 Å². The van der Waals surface area contributed by atoms with Crippen LogP contribution in [0.5, 0.6) is 0 Å². The van der Waals surface area contributed by atoms with E-state index in [4.69, 9.17) is 5.11 Å². The van der Waals surface area contributed by atoms with Crippen LogP contribution in [0.25, 0.3) is 0 Å². The van der Waals surface area contributed by atoms with Crippen LogP contribution in [-0.4, -0.2) is 42.4 Å². The fourth-order valence-corrected chi connectivity index (χ4v) is 2.64. The van der Waals surface area contributed by atoms with E-state index in [0.29, 0.717) is 5.56 Å². The van der Waals surface area contributed by atoms with Gasteiger partial charge in [0.2, 0.25) is 0 Å². The van der Waals surface area contributed by atoms with Crippen LogP contribution in [0, 0.1) is 0 Å². The van der Waals surface area contributed by atoms with Crippen molar-refractivity contribution in [3.05, 3.63) is 28.2 Å². The van der Waals surface area contributed by atoms with Crippen molar-refractivity contribution in [3.63, 3.8) is 0 Å². The Morgan fingerprint density at radius 1 is 1.50 bits per heavy atom. The second-order valence-corrected chi connectivity index (χ2v) is 5.65. The van der Waals surface area contributed by atoms with Gasteiger partial charge in [0, 0.05) is 21.7 Å². The van der Waals surface area contributed by atoms with Crippen LogP contribution in [0.15, 0.2) is 27.6 Å². The number of hydrogen-bond acceptors (Lipinski definition) is 3. The zero-order valence-corrected chi connectivity index (χ0v) is 11.6. The van der Waals surface area contributed by atoms with Gasteiger partial charge in [-0.15, -0.1) is 11.8 Å². The summed E-state index contributed by atoms with van der Waals surface area (Å²) in [5, 5.41) is 9.05. The Hall–Kier alpha value is -0.520. The summed E-state index contributed by atoms with van der Waals surface area (Å²) in [6.07, 6.45) is 0. The molecule has 0 aliphatic rings. The van der Waals surface area contributed by atoms with E-state index in [2.05, 4.69) is 20.8 Å². The second kappa shape index (κ2) is 6.27. The van der Waals surface area contributed by atoms with E-state index in [1.54, 1.807) is 17.8 Å². The molecule has 5 heteroatoms. The van der Waals surface area contributed by atoms with Crippen LogP contribution >= 0.6 is 27.7 Å². The van der Waals surface area contributed by atoms with Crippen LogP contribution in [0.2, 0.25) is 0 Å². The molecule has 0 aliphatic heterocycles. The molecule has 0 atom stereocenters. The van der Waals surface area contributed by atoms with Crippen molar-refractivity contribution in [2.45, 2.75) is 4.90 Å². The van der Waals surface area contributed by atoms with Crippen LogP contribution in [0.3, 0.4) is 0 Å². The fourth-order valence-electron chi connectivity index (χ4n) is 1.13. The minimum absolute atomic E-state index is 0.359. The lowest BCUT2D eigenvalue weighted by Crippen LogP contribution is -2.15. The molecular formula is C11H14BrNO2S. The molecule has 0 amide bonds. The van der Waals surface area contributed by atoms with Crippen molar-refractivity contribution in [1.29, 1.82) is 0 Å². The third kappa shape index (κ3) is 4.15. The molecule has 0 aliphatic carbocycles. The van der Waals surface area contributed by atoms with Gasteiger partial charge in [0.05, 0.1) is 5.56 Å². The van der Waals surface area contributed by atoms with Crippen LogP contribution in [0.1, 0.15) is 10.4 Å². The maximum absolute atomic E-state index is 11.0. The number of carboxylic acid groups (broad SMARTS) is 1. The lowest BCUT2D eigenvalue weighted by atomic mass is 10.2. The highest BCUT2D eigenvalue weighted by Gasteiger charge is 2.10. The first-order valence-corrected chi connectivity index (χ1v) is 6.59. The Morgan fingerprint density at radius 2 is 2.19 bits per heavy atom. The molecule has 3 nitrogen and oxygen atoms in total. The second-order valence-electron chi connectivity index (χ2n) is 3.60. The number of carboxylic acids is 1. The minimum Gasteiger partial charge on any atom is -0.478 e. The van der Waals surface area contributed by atoms with Gasteiger partial charge in [-0.05, 0) is 32.3 Å². The van der Waals surface area contributed by atoms with E-state index in [1.165, 1.54) is 0 Å². The predicted molar refractivity (Wildman–Crippen MR) is 70.4 cm³/mol. The topological polar surface area (TPSA) is 40.5 Å². The van der Waals surface area contributed by atoms with Gasteiger partial charge < -0.3 is 10.0 Å². The molecular weight excluding hydrogens is 290 g/mol. The third-order valence-electron chi connectivity index (χ3n) is 1.97. The Morgan fingerprint density at radius 3 is 2.75 bits per heavy atom. The molecule has 0 unspecified atom stereocenters. The molecule has 0 saturated heterocycles. The van der Waals surface area contributed by atoms with Crippen molar-refractivity contribution in [2.75, 3.05) is 26.4 Å². The van der Waals surface area contributed by atoms with Gasteiger partial charge in [0.1, 0.15) is 0 Å². The standard InChI is InChI=1S/C11H14BrNO2S/c1-13(2)5-6-16-10-4-3-8(12)7-9(10)11(14)15/h3-4,7H,5-6H2,1-2H3,(H,14,15). The largest absolute Gasteiger partial charge is 0.478 e. The average molecular weight is 304 g/mol. The van der Waals surface area contributed by atoms with Crippen molar-refractivity contribution in [3.8, 4) is 0 Å². The summed E-state index contributed by atoms with van der Waals surface area (Å²) in [5.74, 6) is 0.00296. The molecule has 88 valence electrons. The summed E-state index contributed by atoms with van der Waals surface area (Å²) in [5.41, 5.74) is 0.359.